The molecule has 0 bridgehead atoms. The van der Waals surface area contributed by atoms with Crippen LogP contribution in [0.2, 0.25) is 10.0 Å². The molecule has 2 aromatic carbocycles. The Kier molecular flexibility index (Phi) is 4.78. The van der Waals surface area contributed by atoms with Gasteiger partial charge in [-0.3, -0.25) is 0 Å². The van der Waals surface area contributed by atoms with Crippen LogP contribution in [0.5, 0.6) is 0 Å². The fourth-order valence-corrected chi connectivity index (χ4v) is 5.61. The topological polar surface area (TPSA) is 53.1 Å². The van der Waals surface area contributed by atoms with E-state index in [0.717, 1.165) is 48.5 Å². The first-order chi connectivity index (χ1) is 15.6. The molecule has 2 heterocycles. The summed E-state index contributed by atoms with van der Waals surface area (Å²) in [5.74, 6) is 3.30. The average molecular weight is 462 g/mol. The molecule has 3 fully saturated rings. The predicted molar refractivity (Wildman–Crippen MR) is 127 cm³/mol. The van der Waals surface area contributed by atoms with E-state index in [1.807, 2.05) is 42.5 Å². The Bertz CT molecular complexity index is 1220. The van der Waals surface area contributed by atoms with E-state index in [9.17, 15) is 0 Å². The van der Waals surface area contributed by atoms with Crippen molar-refractivity contribution in [2.24, 2.45) is 17.8 Å². The van der Waals surface area contributed by atoms with E-state index >= 15 is 0 Å². The number of piperidine rings is 1. The van der Waals surface area contributed by atoms with Crippen LogP contribution in [0.4, 0.5) is 5.69 Å². The number of rotatable bonds is 5. The maximum absolute atomic E-state index is 9.00. The molecule has 160 valence electrons. The van der Waals surface area contributed by atoms with Gasteiger partial charge in [0, 0.05) is 35.8 Å². The summed E-state index contributed by atoms with van der Waals surface area (Å²) < 4.78 is 5.77. The van der Waals surface area contributed by atoms with Crippen LogP contribution in [0, 0.1) is 29.1 Å². The number of hydrogen-bond donors (Lipinski definition) is 0. The van der Waals surface area contributed by atoms with Crippen molar-refractivity contribution in [3.8, 4) is 17.3 Å². The van der Waals surface area contributed by atoms with Crippen LogP contribution in [0.15, 0.2) is 53.1 Å². The lowest BCUT2D eigenvalue weighted by Gasteiger charge is -2.21. The third-order valence-electron chi connectivity index (χ3n) is 7.01. The first kappa shape index (κ1) is 19.9. The van der Waals surface area contributed by atoms with Crippen molar-refractivity contribution < 1.29 is 4.52 Å². The van der Waals surface area contributed by atoms with Crippen molar-refractivity contribution in [1.29, 1.82) is 5.26 Å². The second kappa shape index (κ2) is 7.69. The van der Waals surface area contributed by atoms with Crippen LogP contribution >= 0.6 is 23.2 Å². The summed E-state index contributed by atoms with van der Waals surface area (Å²) in [4.78, 5) is 2.42. The Hall–Kier alpha value is -2.74. The van der Waals surface area contributed by atoms with Crippen molar-refractivity contribution in [1.82, 2.24) is 5.16 Å². The van der Waals surface area contributed by atoms with Crippen molar-refractivity contribution in [3.63, 3.8) is 0 Å². The van der Waals surface area contributed by atoms with E-state index in [1.165, 1.54) is 5.69 Å². The number of nitrogens with zero attached hydrogens (tertiary/aromatic N) is 3. The predicted octanol–water partition coefficient (Wildman–Crippen LogP) is 6.79. The van der Waals surface area contributed by atoms with Crippen molar-refractivity contribution in [2.45, 2.75) is 18.8 Å². The number of fused-ring (bicyclic) bond motifs is 1. The van der Waals surface area contributed by atoms with E-state index in [1.54, 1.807) is 0 Å². The summed E-state index contributed by atoms with van der Waals surface area (Å²) in [5, 5.41) is 14.6. The molecule has 0 spiro atoms. The van der Waals surface area contributed by atoms with Crippen LogP contribution in [0.1, 0.15) is 35.6 Å². The number of halogens is 2. The number of hydrogen-bond acceptors (Lipinski definition) is 4. The molecule has 2 saturated carbocycles. The summed E-state index contributed by atoms with van der Waals surface area (Å²) in [5.41, 5.74) is 4.41. The van der Waals surface area contributed by atoms with Gasteiger partial charge in [0.25, 0.3) is 0 Å². The average Bonchev–Trinajstić information content (AvgIpc) is 3.67. The highest BCUT2D eigenvalue weighted by Gasteiger charge is 2.54. The molecule has 1 aliphatic heterocycles. The molecular formula is C26H21Cl2N3O. The lowest BCUT2D eigenvalue weighted by Crippen LogP contribution is -2.23. The zero-order valence-corrected chi connectivity index (χ0v) is 18.9. The molecule has 2 atom stereocenters. The van der Waals surface area contributed by atoms with E-state index in [2.05, 4.69) is 28.3 Å². The van der Waals surface area contributed by atoms with Crippen molar-refractivity contribution in [2.75, 3.05) is 18.0 Å². The summed E-state index contributed by atoms with van der Waals surface area (Å²) in [7, 11) is 0. The van der Waals surface area contributed by atoms with Gasteiger partial charge in [-0.15, -0.1) is 0 Å². The molecule has 3 aliphatic rings. The van der Waals surface area contributed by atoms with E-state index in [0.29, 0.717) is 39.3 Å². The highest BCUT2D eigenvalue weighted by atomic mass is 35.5. The highest BCUT2D eigenvalue weighted by Crippen LogP contribution is 2.54. The molecule has 0 N–H and O–H groups in total. The third kappa shape index (κ3) is 3.41. The molecule has 3 aromatic rings. The number of allylic oxidation sites excluding steroid dienone is 1. The van der Waals surface area contributed by atoms with Crippen LogP contribution < -0.4 is 4.90 Å². The van der Waals surface area contributed by atoms with Gasteiger partial charge in [-0.05, 0) is 67.0 Å². The van der Waals surface area contributed by atoms with E-state index in [-0.39, 0.29) is 0 Å². The minimum atomic E-state index is 0.447. The van der Waals surface area contributed by atoms with E-state index in [4.69, 9.17) is 33.0 Å². The molecule has 1 aromatic heterocycles. The van der Waals surface area contributed by atoms with Gasteiger partial charge in [-0.1, -0.05) is 46.6 Å². The zero-order chi connectivity index (χ0) is 21.8. The summed E-state index contributed by atoms with van der Waals surface area (Å²) >= 11 is 12.9. The van der Waals surface area contributed by atoms with Gasteiger partial charge in [0.2, 0.25) is 0 Å². The molecule has 0 amide bonds. The van der Waals surface area contributed by atoms with Crippen molar-refractivity contribution in [3.05, 3.63) is 75.5 Å². The minimum absolute atomic E-state index is 0.447. The standard InChI is InChI=1S/C26H21Cl2N3O/c27-22-2-1-3-23(28)24(22)25-19(26(32-30-25)16-6-7-16)11-10-18-20-13-31(14-21(18)20)17-8-4-15(12-29)5-9-17/h1-5,8-11,16,18,20-21H,6-7,13-14H2. The number of nitriles is 1. The van der Waals surface area contributed by atoms with E-state index < -0.39 is 0 Å². The van der Waals surface area contributed by atoms with Crippen LogP contribution in [-0.2, 0) is 0 Å². The summed E-state index contributed by atoms with van der Waals surface area (Å²) in [6.07, 6.45) is 6.80. The maximum atomic E-state index is 9.00. The number of aromatic nitrogens is 1. The third-order valence-corrected chi connectivity index (χ3v) is 7.64. The van der Waals surface area contributed by atoms with Crippen molar-refractivity contribution >= 4 is 35.0 Å². The molecule has 4 nitrogen and oxygen atoms in total. The van der Waals surface area contributed by atoms with Gasteiger partial charge in [0.1, 0.15) is 11.5 Å². The molecule has 0 radical (unpaired) electrons. The van der Waals surface area contributed by atoms with Gasteiger partial charge in [-0.25, -0.2) is 0 Å². The van der Waals surface area contributed by atoms with Crippen LogP contribution in [0.25, 0.3) is 17.3 Å². The van der Waals surface area contributed by atoms with Gasteiger partial charge in [-0.2, -0.15) is 5.26 Å². The minimum Gasteiger partial charge on any atom is -0.371 e. The SMILES string of the molecule is N#Cc1ccc(N2CC3C(C=Cc4c(-c5c(Cl)cccc5Cl)noc4C4CC4)C3C2)cc1. The largest absolute Gasteiger partial charge is 0.371 e. The Morgan fingerprint density at radius 1 is 1.03 bits per heavy atom. The second-order valence-electron chi connectivity index (χ2n) is 9.01. The Morgan fingerprint density at radius 3 is 2.34 bits per heavy atom. The number of anilines is 1. The summed E-state index contributed by atoms with van der Waals surface area (Å²) in [6, 6.07) is 15.6. The molecule has 32 heavy (non-hydrogen) atoms. The summed E-state index contributed by atoms with van der Waals surface area (Å²) in [6.45, 7) is 2.10. The molecule has 6 heteroatoms. The lowest BCUT2D eigenvalue weighted by molar-refractivity contribution is 0.386. The maximum Gasteiger partial charge on any atom is 0.147 e. The first-order valence-corrected chi connectivity index (χ1v) is 11.8. The van der Waals surface area contributed by atoms with Crippen LogP contribution in [0.3, 0.4) is 0 Å². The smallest absolute Gasteiger partial charge is 0.147 e. The molecule has 1 saturated heterocycles. The first-order valence-electron chi connectivity index (χ1n) is 11.0. The Balaban J connectivity index is 1.22. The molecule has 2 unspecified atom stereocenters. The quantitative estimate of drug-likeness (QED) is 0.419. The molecular weight excluding hydrogens is 441 g/mol. The van der Waals surface area contributed by atoms with Gasteiger partial charge < -0.3 is 9.42 Å². The number of benzene rings is 2. The lowest BCUT2D eigenvalue weighted by atomic mass is 10.0. The van der Waals surface area contributed by atoms with Crippen LogP contribution in [-0.4, -0.2) is 18.2 Å². The fraction of sp³-hybridized carbons (Fsp3) is 0.308. The zero-order valence-electron chi connectivity index (χ0n) is 17.3. The Morgan fingerprint density at radius 2 is 1.72 bits per heavy atom. The highest BCUT2D eigenvalue weighted by molar-refractivity contribution is 6.39. The fourth-order valence-electron chi connectivity index (χ4n) is 5.04. The Labute approximate surface area is 197 Å². The van der Waals surface area contributed by atoms with Gasteiger partial charge in [0.15, 0.2) is 0 Å². The monoisotopic (exact) mass is 461 g/mol. The normalized spacial score (nSPS) is 24.0. The molecule has 2 aliphatic carbocycles. The second-order valence-corrected chi connectivity index (χ2v) is 9.82. The molecule has 6 rings (SSSR count). The van der Waals surface area contributed by atoms with Gasteiger partial charge in [0.05, 0.1) is 21.7 Å². The van der Waals surface area contributed by atoms with Gasteiger partial charge >= 0.3 is 0 Å².